The molecule has 2 aromatic carbocycles. The van der Waals surface area contributed by atoms with Gasteiger partial charge in [-0.2, -0.15) is 0 Å². The SMILES string of the molecule is CCC(C)(C)c1ccc(OCC(=O)N2CCN(C(=O)COc3ccc(C(C)(C)CC)cc3)CC2)cc1. The molecule has 0 N–H and O–H groups in total. The van der Waals surface area contributed by atoms with Crippen LogP contribution in [0, 0.1) is 0 Å². The third kappa shape index (κ3) is 7.02. The van der Waals surface area contributed by atoms with Gasteiger partial charge in [-0.15, -0.1) is 0 Å². The van der Waals surface area contributed by atoms with Crippen LogP contribution in [-0.4, -0.2) is 61.0 Å². The first kappa shape index (κ1) is 27.6. The number of nitrogens with zero attached hydrogens (tertiary/aromatic N) is 2. The van der Waals surface area contributed by atoms with Gasteiger partial charge in [-0.05, 0) is 59.1 Å². The number of piperazine rings is 1. The van der Waals surface area contributed by atoms with Crippen LogP contribution in [0.15, 0.2) is 48.5 Å². The molecule has 6 heteroatoms. The second-order valence-corrected chi connectivity index (χ2v) is 10.9. The predicted octanol–water partition coefficient (Wildman–Crippen LogP) is 5.19. The van der Waals surface area contributed by atoms with Gasteiger partial charge in [0.1, 0.15) is 11.5 Å². The molecule has 36 heavy (non-hydrogen) atoms. The molecule has 0 aliphatic carbocycles. The van der Waals surface area contributed by atoms with Gasteiger partial charge < -0.3 is 19.3 Å². The maximum Gasteiger partial charge on any atom is 0.260 e. The van der Waals surface area contributed by atoms with Gasteiger partial charge in [0.25, 0.3) is 11.8 Å². The molecule has 3 rings (SSSR count). The number of carbonyl (C=O) groups is 2. The largest absolute Gasteiger partial charge is 0.484 e. The molecule has 1 aliphatic heterocycles. The normalized spacial score (nSPS) is 14.5. The van der Waals surface area contributed by atoms with E-state index in [2.05, 4.69) is 65.8 Å². The molecule has 0 saturated carbocycles. The lowest BCUT2D eigenvalue weighted by Gasteiger charge is -2.34. The summed E-state index contributed by atoms with van der Waals surface area (Å²) in [5.41, 5.74) is 2.75. The van der Waals surface area contributed by atoms with Gasteiger partial charge in [-0.1, -0.05) is 65.8 Å². The van der Waals surface area contributed by atoms with E-state index in [1.54, 1.807) is 9.80 Å². The van der Waals surface area contributed by atoms with Crippen molar-refractivity contribution < 1.29 is 19.1 Å². The number of ether oxygens (including phenoxy) is 2. The van der Waals surface area contributed by atoms with Gasteiger partial charge >= 0.3 is 0 Å². The van der Waals surface area contributed by atoms with Crippen LogP contribution in [0.5, 0.6) is 11.5 Å². The first-order valence-electron chi connectivity index (χ1n) is 13.1. The lowest BCUT2D eigenvalue weighted by Crippen LogP contribution is -2.52. The van der Waals surface area contributed by atoms with Crippen LogP contribution in [0.25, 0.3) is 0 Å². The Morgan fingerprint density at radius 3 is 1.22 bits per heavy atom. The molecule has 2 amide bonds. The minimum Gasteiger partial charge on any atom is -0.484 e. The Bertz CT molecular complexity index is 921. The molecule has 0 atom stereocenters. The summed E-state index contributed by atoms with van der Waals surface area (Å²) in [5, 5.41) is 0. The Balaban J connectivity index is 1.40. The third-order valence-electron chi connectivity index (χ3n) is 7.75. The van der Waals surface area contributed by atoms with Crippen molar-refractivity contribution >= 4 is 11.8 Å². The van der Waals surface area contributed by atoms with Gasteiger partial charge in [0, 0.05) is 26.2 Å². The first-order valence-corrected chi connectivity index (χ1v) is 13.1. The smallest absolute Gasteiger partial charge is 0.260 e. The van der Waals surface area contributed by atoms with E-state index in [-0.39, 0.29) is 35.9 Å². The molecule has 6 nitrogen and oxygen atoms in total. The number of hydrogen-bond acceptors (Lipinski definition) is 4. The number of rotatable bonds is 10. The van der Waals surface area contributed by atoms with Crippen LogP contribution in [0.3, 0.4) is 0 Å². The van der Waals surface area contributed by atoms with Crippen LogP contribution in [0.1, 0.15) is 65.5 Å². The van der Waals surface area contributed by atoms with Crippen LogP contribution in [0.4, 0.5) is 0 Å². The highest BCUT2D eigenvalue weighted by Crippen LogP contribution is 2.29. The Morgan fingerprint density at radius 1 is 0.639 bits per heavy atom. The highest BCUT2D eigenvalue weighted by molar-refractivity contribution is 5.80. The maximum atomic E-state index is 12.6. The average Bonchev–Trinajstić information content (AvgIpc) is 2.90. The molecule has 1 heterocycles. The van der Waals surface area contributed by atoms with Crippen molar-refractivity contribution in [1.82, 2.24) is 9.80 Å². The van der Waals surface area contributed by atoms with E-state index in [0.717, 1.165) is 12.8 Å². The number of benzene rings is 2. The molecule has 1 fully saturated rings. The summed E-state index contributed by atoms with van der Waals surface area (Å²) >= 11 is 0. The van der Waals surface area contributed by atoms with Gasteiger partial charge in [-0.3, -0.25) is 9.59 Å². The summed E-state index contributed by atoms with van der Waals surface area (Å²) in [7, 11) is 0. The quantitative estimate of drug-likeness (QED) is 0.456. The third-order valence-corrected chi connectivity index (χ3v) is 7.75. The molecular weight excluding hydrogens is 452 g/mol. The van der Waals surface area contributed by atoms with Crippen LogP contribution >= 0.6 is 0 Å². The molecule has 0 aromatic heterocycles. The van der Waals surface area contributed by atoms with Gasteiger partial charge in [-0.25, -0.2) is 0 Å². The van der Waals surface area contributed by atoms with Gasteiger partial charge in [0.05, 0.1) is 0 Å². The summed E-state index contributed by atoms with van der Waals surface area (Å²) in [6.07, 6.45) is 2.11. The summed E-state index contributed by atoms with van der Waals surface area (Å²) in [6, 6.07) is 16.0. The van der Waals surface area contributed by atoms with E-state index in [1.807, 2.05) is 24.3 Å². The lowest BCUT2D eigenvalue weighted by atomic mass is 9.82. The number of amides is 2. The Kier molecular flexibility index (Phi) is 9.04. The van der Waals surface area contributed by atoms with Crippen LogP contribution in [-0.2, 0) is 20.4 Å². The van der Waals surface area contributed by atoms with E-state index in [4.69, 9.17) is 9.47 Å². The fourth-order valence-corrected chi connectivity index (χ4v) is 4.09. The monoisotopic (exact) mass is 494 g/mol. The van der Waals surface area contributed by atoms with Gasteiger partial charge in [0.2, 0.25) is 0 Å². The summed E-state index contributed by atoms with van der Waals surface area (Å²) in [5.74, 6) is 1.25. The van der Waals surface area contributed by atoms with Gasteiger partial charge in [0.15, 0.2) is 13.2 Å². The fraction of sp³-hybridized carbons (Fsp3) is 0.533. The van der Waals surface area contributed by atoms with Crippen molar-refractivity contribution in [2.75, 3.05) is 39.4 Å². The molecular formula is C30H42N2O4. The zero-order valence-corrected chi connectivity index (χ0v) is 22.8. The van der Waals surface area contributed by atoms with Crippen LogP contribution < -0.4 is 9.47 Å². The average molecular weight is 495 g/mol. The Labute approximate surface area is 216 Å². The van der Waals surface area contributed by atoms with Crippen molar-refractivity contribution in [2.45, 2.75) is 65.2 Å². The van der Waals surface area contributed by atoms with Crippen molar-refractivity contribution in [3.8, 4) is 11.5 Å². The first-order chi connectivity index (χ1) is 17.1. The molecule has 0 bridgehead atoms. The van der Waals surface area contributed by atoms with E-state index in [0.29, 0.717) is 37.7 Å². The van der Waals surface area contributed by atoms with Crippen molar-refractivity contribution in [2.24, 2.45) is 0 Å². The molecule has 2 aromatic rings. The lowest BCUT2D eigenvalue weighted by molar-refractivity contribution is -0.141. The molecule has 1 aliphatic rings. The zero-order chi connectivity index (χ0) is 26.3. The van der Waals surface area contributed by atoms with E-state index < -0.39 is 0 Å². The standard InChI is InChI=1S/C30H42N2O4/c1-7-29(3,4)23-9-13-25(14-10-23)35-21-27(33)31-17-19-32(20-18-31)28(34)22-36-26-15-11-24(12-16-26)30(5,6)8-2/h9-16H,7-8,17-22H2,1-6H3. The molecule has 1 saturated heterocycles. The second-order valence-electron chi connectivity index (χ2n) is 10.9. The van der Waals surface area contributed by atoms with E-state index in [9.17, 15) is 9.59 Å². The molecule has 0 radical (unpaired) electrons. The summed E-state index contributed by atoms with van der Waals surface area (Å²) < 4.78 is 11.5. The minimum absolute atomic E-state index is 0.00158. The fourth-order valence-electron chi connectivity index (χ4n) is 4.09. The van der Waals surface area contributed by atoms with Crippen LogP contribution in [0.2, 0.25) is 0 Å². The Hall–Kier alpha value is -3.02. The summed E-state index contributed by atoms with van der Waals surface area (Å²) in [4.78, 5) is 28.8. The maximum absolute atomic E-state index is 12.6. The predicted molar refractivity (Wildman–Crippen MR) is 144 cm³/mol. The number of hydrogen-bond donors (Lipinski definition) is 0. The summed E-state index contributed by atoms with van der Waals surface area (Å²) in [6.45, 7) is 15.2. The van der Waals surface area contributed by atoms with Crippen molar-refractivity contribution in [3.05, 3.63) is 59.7 Å². The highest BCUT2D eigenvalue weighted by Gasteiger charge is 2.25. The minimum atomic E-state index is -0.0635. The zero-order valence-electron chi connectivity index (χ0n) is 22.8. The Morgan fingerprint density at radius 2 is 0.944 bits per heavy atom. The van der Waals surface area contributed by atoms with Crippen molar-refractivity contribution in [3.63, 3.8) is 0 Å². The number of carbonyl (C=O) groups excluding carboxylic acids is 2. The topological polar surface area (TPSA) is 59.1 Å². The van der Waals surface area contributed by atoms with Crippen molar-refractivity contribution in [1.29, 1.82) is 0 Å². The molecule has 0 spiro atoms. The second kappa shape index (κ2) is 11.8. The van der Waals surface area contributed by atoms with E-state index >= 15 is 0 Å². The molecule has 196 valence electrons. The molecule has 0 unspecified atom stereocenters. The van der Waals surface area contributed by atoms with E-state index in [1.165, 1.54) is 11.1 Å². The highest BCUT2D eigenvalue weighted by atomic mass is 16.5.